The molecular formula is C21H32N4O. The molecule has 4 rings (SSSR count). The van der Waals surface area contributed by atoms with E-state index in [2.05, 4.69) is 39.2 Å². The Morgan fingerprint density at radius 2 is 1.69 bits per heavy atom. The van der Waals surface area contributed by atoms with Crippen molar-refractivity contribution in [2.75, 3.05) is 59.4 Å². The number of nitrogens with one attached hydrogen (secondary N) is 1. The van der Waals surface area contributed by atoms with Crippen LogP contribution < -0.4 is 5.32 Å². The predicted molar refractivity (Wildman–Crippen MR) is 104 cm³/mol. The fourth-order valence-electron chi connectivity index (χ4n) is 4.61. The van der Waals surface area contributed by atoms with Crippen molar-refractivity contribution in [1.29, 1.82) is 0 Å². The molecule has 142 valence electrons. The topological polar surface area (TPSA) is 38.8 Å². The molecule has 1 spiro atoms. The van der Waals surface area contributed by atoms with Gasteiger partial charge in [0.25, 0.3) is 5.91 Å². The largest absolute Gasteiger partial charge is 0.339 e. The maximum Gasteiger partial charge on any atom is 0.253 e. The molecule has 3 aliphatic heterocycles. The lowest BCUT2D eigenvalue weighted by atomic mass is 9.78. The van der Waals surface area contributed by atoms with Crippen LogP contribution >= 0.6 is 0 Å². The Kier molecular flexibility index (Phi) is 5.30. The molecule has 0 bridgehead atoms. The Hall–Kier alpha value is -1.43. The van der Waals surface area contributed by atoms with Gasteiger partial charge in [0.15, 0.2) is 0 Å². The number of benzene rings is 1. The fraction of sp³-hybridized carbons (Fsp3) is 0.667. The third-order valence-corrected chi connectivity index (χ3v) is 6.65. The molecule has 3 fully saturated rings. The fourth-order valence-corrected chi connectivity index (χ4v) is 4.61. The van der Waals surface area contributed by atoms with E-state index < -0.39 is 0 Å². The molecular weight excluding hydrogens is 324 g/mol. The van der Waals surface area contributed by atoms with E-state index >= 15 is 0 Å². The summed E-state index contributed by atoms with van der Waals surface area (Å²) in [7, 11) is 2.18. The van der Waals surface area contributed by atoms with Gasteiger partial charge < -0.3 is 15.1 Å². The van der Waals surface area contributed by atoms with Gasteiger partial charge in [0.05, 0.1) is 0 Å². The second-order valence-electron chi connectivity index (χ2n) is 8.50. The minimum Gasteiger partial charge on any atom is -0.339 e. The van der Waals surface area contributed by atoms with Gasteiger partial charge in [0.2, 0.25) is 0 Å². The van der Waals surface area contributed by atoms with Crippen LogP contribution in [0.1, 0.15) is 35.2 Å². The number of hydrogen-bond acceptors (Lipinski definition) is 4. The molecule has 0 unspecified atom stereocenters. The Labute approximate surface area is 157 Å². The highest BCUT2D eigenvalue weighted by molar-refractivity contribution is 5.94. The maximum atomic E-state index is 12.8. The number of likely N-dealkylation sites (N-methyl/N-ethyl adjacent to an activating group) is 1. The molecule has 0 aromatic heterocycles. The average Bonchev–Trinajstić information content (AvgIpc) is 3.12. The molecule has 3 saturated heterocycles. The zero-order valence-electron chi connectivity index (χ0n) is 16.0. The average molecular weight is 357 g/mol. The molecule has 0 aliphatic carbocycles. The number of hydrogen-bond donors (Lipinski definition) is 1. The Morgan fingerprint density at radius 3 is 2.31 bits per heavy atom. The van der Waals surface area contributed by atoms with E-state index in [1.54, 1.807) is 0 Å². The first-order valence-corrected chi connectivity index (χ1v) is 10.1. The summed E-state index contributed by atoms with van der Waals surface area (Å²) in [5.41, 5.74) is 2.61. The van der Waals surface area contributed by atoms with Gasteiger partial charge in [0, 0.05) is 57.9 Å². The lowest BCUT2D eigenvalue weighted by Gasteiger charge is -2.39. The minimum absolute atomic E-state index is 0.206. The molecule has 26 heavy (non-hydrogen) atoms. The van der Waals surface area contributed by atoms with Crippen LogP contribution in [-0.2, 0) is 6.54 Å². The summed E-state index contributed by atoms with van der Waals surface area (Å²) in [6.07, 6.45) is 3.57. The number of amides is 1. The van der Waals surface area contributed by atoms with Gasteiger partial charge in [-0.25, -0.2) is 0 Å². The number of piperazine rings is 1. The molecule has 1 amide bonds. The minimum atomic E-state index is 0.206. The molecule has 3 aliphatic rings. The molecule has 1 aromatic rings. The number of rotatable bonds is 3. The van der Waals surface area contributed by atoms with Crippen molar-refractivity contribution in [3.05, 3.63) is 35.4 Å². The summed E-state index contributed by atoms with van der Waals surface area (Å²) in [5.74, 6) is 0.206. The first kappa shape index (κ1) is 18.0. The Bertz CT molecular complexity index is 605. The van der Waals surface area contributed by atoms with Gasteiger partial charge in [-0.15, -0.1) is 0 Å². The predicted octanol–water partition coefficient (Wildman–Crippen LogP) is 1.65. The number of likely N-dealkylation sites (tertiary alicyclic amines) is 1. The quantitative estimate of drug-likeness (QED) is 0.894. The standard InChI is InChI=1S/C21H32N4O/c1-23-12-14-24(15-13-23)16-18-2-4-19(5-3-18)20(26)25-10-7-21(8-11-25)6-9-22-17-21/h2-5,22H,6-17H2,1H3. The van der Waals surface area contributed by atoms with Crippen LogP contribution in [0, 0.1) is 5.41 Å². The molecule has 5 heteroatoms. The molecule has 0 saturated carbocycles. The van der Waals surface area contributed by atoms with Crippen LogP contribution in [0.15, 0.2) is 24.3 Å². The number of carbonyl (C=O) groups excluding carboxylic acids is 1. The molecule has 5 nitrogen and oxygen atoms in total. The van der Waals surface area contributed by atoms with Crippen molar-refractivity contribution in [3.63, 3.8) is 0 Å². The van der Waals surface area contributed by atoms with Crippen molar-refractivity contribution >= 4 is 5.91 Å². The van der Waals surface area contributed by atoms with Crippen LogP contribution in [0.25, 0.3) is 0 Å². The SMILES string of the molecule is CN1CCN(Cc2ccc(C(=O)N3CCC4(CCNC4)CC3)cc2)CC1. The van der Waals surface area contributed by atoms with Crippen LogP contribution in [0.3, 0.4) is 0 Å². The first-order chi connectivity index (χ1) is 12.6. The highest BCUT2D eigenvalue weighted by Crippen LogP contribution is 2.37. The Balaban J connectivity index is 1.31. The van der Waals surface area contributed by atoms with Gasteiger partial charge in [-0.3, -0.25) is 9.69 Å². The highest BCUT2D eigenvalue weighted by atomic mass is 16.2. The monoisotopic (exact) mass is 356 g/mol. The molecule has 1 N–H and O–H groups in total. The first-order valence-electron chi connectivity index (χ1n) is 10.1. The van der Waals surface area contributed by atoms with Crippen LogP contribution in [0.5, 0.6) is 0 Å². The zero-order valence-corrected chi connectivity index (χ0v) is 16.0. The zero-order chi connectivity index (χ0) is 18.0. The lowest BCUT2D eigenvalue weighted by molar-refractivity contribution is 0.0607. The number of piperidine rings is 1. The van der Waals surface area contributed by atoms with E-state index in [9.17, 15) is 4.79 Å². The van der Waals surface area contributed by atoms with Crippen LogP contribution in [-0.4, -0.2) is 80.0 Å². The molecule has 3 heterocycles. The Morgan fingerprint density at radius 1 is 1.00 bits per heavy atom. The van der Waals surface area contributed by atoms with Crippen molar-refractivity contribution < 1.29 is 4.79 Å². The van der Waals surface area contributed by atoms with E-state index in [1.165, 1.54) is 12.0 Å². The van der Waals surface area contributed by atoms with Gasteiger partial charge in [0.1, 0.15) is 0 Å². The third kappa shape index (κ3) is 3.95. The van der Waals surface area contributed by atoms with Crippen molar-refractivity contribution in [2.24, 2.45) is 5.41 Å². The van der Waals surface area contributed by atoms with Gasteiger partial charge >= 0.3 is 0 Å². The summed E-state index contributed by atoms with van der Waals surface area (Å²) in [6, 6.07) is 8.32. The molecule has 0 atom stereocenters. The van der Waals surface area contributed by atoms with Gasteiger partial charge in [-0.2, -0.15) is 0 Å². The van der Waals surface area contributed by atoms with Crippen LogP contribution in [0.2, 0.25) is 0 Å². The third-order valence-electron chi connectivity index (χ3n) is 6.65. The van der Waals surface area contributed by atoms with Crippen molar-refractivity contribution in [1.82, 2.24) is 20.0 Å². The second-order valence-corrected chi connectivity index (χ2v) is 8.50. The van der Waals surface area contributed by atoms with Crippen LogP contribution in [0.4, 0.5) is 0 Å². The van der Waals surface area contributed by atoms with E-state index in [0.29, 0.717) is 5.41 Å². The van der Waals surface area contributed by atoms with E-state index in [1.807, 2.05) is 12.1 Å². The van der Waals surface area contributed by atoms with E-state index in [-0.39, 0.29) is 5.91 Å². The van der Waals surface area contributed by atoms with Crippen molar-refractivity contribution in [2.45, 2.75) is 25.8 Å². The lowest BCUT2D eigenvalue weighted by Crippen LogP contribution is -2.44. The number of carbonyl (C=O) groups is 1. The normalized spacial score (nSPS) is 24.3. The summed E-state index contributed by atoms with van der Waals surface area (Å²) in [5, 5.41) is 3.49. The molecule has 1 aromatic carbocycles. The maximum absolute atomic E-state index is 12.8. The van der Waals surface area contributed by atoms with E-state index in [4.69, 9.17) is 0 Å². The smallest absolute Gasteiger partial charge is 0.253 e. The molecule has 0 radical (unpaired) electrons. The summed E-state index contributed by atoms with van der Waals surface area (Å²) in [6.45, 7) is 9.61. The second kappa shape index (κ2) is 7.67. The highest BCUT2D eigenvalue weighted by Gasteiger charge is 2.38. The van der Waals surface area contributed by atoms with E-state index in [0.717, 1.165) is 77.3 Å². The van der Waals surface area contributed by atoms with Crippen molar-refractivity contribution in [3.8, 4) is 0 Å². The summed E-state index contributed by atoms with van der Waals surface area (Å²) < 4.78 is 0. The summed E-state index contributed by atoms with van der Waals surface area (Å²) in [4.78, 5) is 19.8. The number of nitrogens with zero attached hydrogens (tertiary/aromatic N) is 3. The van der Waals surface area contributed by atoms with Gasteiger partial charge in [-0.05, 0) is 56.0 Å². The summed E-state index contributed by atoms with van der Waals surface area (Å²) >= 11 is 0. The van der Waals surface area contributed by atoms with Gasteiger partial charge in [-0.1, -0.05) is 12.1 Å².